The number of pyridine rings is 1. The van der Waals surface area contributed by atoms with Crippen LogP contribution in [-0.2, 0) is 6.54 Å². The summed E-state index contributed by atoms with van der Waals surface area (Å²) in [5.41, 5.74) is 3.36. The lowest BCUT2D eigenvalue weighted by Gasteiger charge is -2.10. The molecule has 2 N–H and O–H groups in total. The molecule has 0 radical (unpaired) electrons. The summed E-state index contributed by atoms with van der Waals surface area (Å²) in [6, 6.07) is 18.2. The first-order chi connectivity index (χ1) is 13.6. The Kier molecular flexibility index (Phi) is 6.45. The molecule has 0 saturated heterocycles. The molecule has 5 nitrogen and oxygen atoms in total. The van der Waals surface area contributed by atoms with Gasteiger partial charge in [-0.15, -0.1) is 11.8 Å². The first kappa shape index (κ1) is 19.6. The smallest absolute Gasteiger partial charge is 0.255 e. The van der Waals surface area contributed by atoms with Crippen LogP contribution in [0.15, 0.2) is 71.8 Å². The van der Waals surface area contributed by atoms with Gasteiger partial charge in [-0.1, -0.05) is 18.2 Å². The number of anilines is 1. The predicted molar refractivity (Wildman–Crippen MR) is 113 cm³/mol. The van der Waals surface area contributed by atoms with Crippen molar-refractivity contribution in [2.24, 2.45) is 0 Å². The summed E-state index contributed by atoms with van der Waals surface area (Å²) in [6.07, 6.45) is 3.66. The van der Waals surface area contributed by atoms with Gasteiger partial charge in [-0.25, -0.2) is 0 Å². The maximum Gasteiger partial charge on any atom is 0.255 e. The third-order valence-corrected chi connectivity index (χ3v) is 4.95. The molecule has 0 aliphatic rings. The largest absolute Gasteiger partial charge is 0.346 e. The molecule has 142 valence electrons. The fourth-order valence-electron chi connectivity index (χ4n) is 2.68. The van der Waals surface area contributed by atoms with E-state index in [0.717, 1.165) is 16.2 Å². The molecule has 1 heterocycles. The molecule has 1 aromatic heterocycles. The molecule has 2 aromatic carbocycles. The van der Waals surface area contributed by atoms with Crippen LogP contribution in [0.1, 0.15) is 32.0 Å². The van der Waals surface area contributed by atoms with E-state index >= 15 is 0 Å². The minimum Gasteiger partial charge on any atom is -0.346 e. The molecular weight excluding hydrogens is 370 g/mol. The summed E-state index contributed by atoms with van der Waals surface area (Å²) in [6.45, 7) is 2.25. The maximum atomic E-state index is 12.7. The van der Waals surface area contributed by atoms with Gasteiger partial charge in [0.25, 0.3) is 11.8 Å². The molecule has 28 heavy (non-hydrogen) atoms. The zero-order valence-corrected chi connectivity index (χ0v) is 16.5. The average Bonchev–Trinajstić information content (AvgIpc) is 2.73. The van der Waals surface area contributed by atoms with E-state index in [9.17, 15) is 9.59 Å². The Balaban J connectivity index is 1.69. The average molecular weight is 391 g/mol. The molecule has 0 aliphatic carbocycles. The van der Waals surface area contributed by atoms with Gasteiger partial charge < -0.3 is 10.6 Å². The second kappa shape index (κ2) is 9.19. The molecule has 2 amide bonds. The number of aryl methyl sites for hydroxylation is 1. The lowest BCUT2D eigenvalue weighted by Crippen LogP contribution is -2.23. The van der Waals surface area contributed by atoms with Gasteiger partial charge in [0.1, 0.15) is 0 Å². The topological polar surface area (TPSA) is 71.1 Å². The second-order valence-corrected chi connectivity index (χ2v) is 7.10. The van der Waals surface area contributed by atoms with Crippen LogP contribution in [0.2, 0.25) is 0 Å². The van der Waals surface area contributed by atoms with Gasteiger partial charge in [-0.3, -0.25) is 14.6 Å². The number of carbonyl (C=O) groups excluding carboxylic acids is 2. The Labute approximate surface area is 168 Å². The minimum absolute atomic E-state index is 0.195. The van der Waals surface area contributed by atoms with Gasteiger partial charge in [0.2, 0.25) is 0 Å². The summed E-state index contributed by atoms with van der Waals surface area (Å²) in [5, 5.41) is 5.71. The molecule has 3 aromatic rings. The van der Waals surface area contributed by atoms with Crippen molar-refractivity contribution in [1.29, 1.82) is 0 Å². The number of hydrogen-bond acceptors (Lipinski definition) is 4. The molecular formula is C22H21N3O2S. The Bertz CT molecular complexity index is 990. The van der Waals surface area contributed by atoms with E-state index < -0.39 is 0 Å². The highest BCUT2D eigenvalue weighted by Gasteiger charge is 2.12. The SMILES string of the molecule is CSc1ccc(C)c(C(=O)Nc2cccc(C(=O)NCc3ccccn3)c2)c1. The summed E-state index contributed by atoms with van der Waals surface area (Å²) in [5.74, 6) is -0.415. The third kappa shape index (κ3) is 4.98. The lowest BCUT2D eigenvalue weighted by atomic mass is 10.1. The monoisotopic (exact) mass is 391 g/mol. The van der Waals surface area contributed by atoms with Gasteiger partial charge in [0, 0.05) is 27.9 Å². The van der Waals surface area contributed by atoms with Crippen LogP contribution in [0.5, 0.6) is 0 Å². The fraction of sp³-hybridized carbons (Fsp3) is 0.136. The van der Waals surface area contributed by atoms with Crippen LogP contribution in [0.25, 0.3) is 0 Å². The highest BCUT2D eigenvalue weighted by Crippen LogP contribution is 2.20. The minimum atomic E-state index is -0.220. The number of amides is 2. The molecule has 0 atom stereocenters. The summed E-state index contributed by atoms with van der Waals surface area (Å²) >= 11 is 1.59. The van der Waals surface area contributed by atoms with E-state index in [0.29, 0.717) is 23.4 Å². The molecule has 0 spiro atoms. The zero-order chi connectivity index (χ0) is 19.9. The van der Waals surface area contributed by atoms with Gasteiger partial charge in [0.05, 0.1) is 12.2 Å². The van der Waals surface area contributed by atoms with Crippen molar-refractivity contribution in [2.75, 3.05) is 11.6 Å². The summed E-state index contributed by atoms with van der Waals surface area (Å²) in [7, 11) is 0. The number of aromatic nitrogens is 1. The van der Waals surface area contributed by atoms with Crippen LogP contribution in [0.3, 0.4) is 0 Å². The molecule has 0 aliphatic heterocycles. The second-order valence-electron chi connectivity index (χ2n) is 6.22. The number of thioether (sulfide) groups is 1. The van der Waals surface area contributed by atoms with Crippen molar-refractivity contribution in [3.05, 3.63) is 89.2 Å². The maximum absolute atomic E-state index is 12.7. The van der Waals surface area contributed by atoms with Gasteiger partial charge in [0.15, 0.2) is 0 Å². The van der Waals surface area contributed by atoms with Crippen LogP contribution in [0, 0.1) is 6.92 Å². The van der Waals surface area contributed by atoms with Crippen LogP contribution in [-0.4, -0.2) is 23.1 Å². The standard InChI is InChI=1S/C22H21N3O2S/c1-15-9-10-19(28-2)13-20(15)22(27)25-17-8-5-6-16(12-17)21(26)24-14-18-7-3-4-11-23-18/h3-13H,14H2,1-2H3,(H,24,26)(H,25,27). The van der Waals surface area contributed by atoms with Crippen molar-refractivity contribution < 1.29 is 9.59 Å². The zero-order valence-electron chi connectivity index (χ0n) is 15.7. The Morgan fingerprint density at radius 1 is 1.00 bits per heavy atom. The van der Waals surface area contributed by atoms with Crippen molar-refractivity contribution in [2.45, 2.75) is 18.4 Å². The first-order valence-electron chi connectivity index (χ1n) is 8.81. The van der Waals surface area contributed by atoms with Crippen molar-refractivity contribution >= 4 is 29.3 Å². The Hall–Kier alpha value is -3.12. The number of carbonyl (C=O) groups is 2. The number of hydrogen-bond donors (Lipinski definition) is 2. The Morgan fingerprint density at radius 3 is 2.61 bits per heavy atom. The number of rotatable bonds is 6. The number of nitrogens with zero attached hydrogens (tertiary/aromatic N) is 1. The van der Waals surface area contributed by atoms with Crippen molar-refractivity contribution in [3.63, 3.8) is 0 Å². The van der Waals surface area contributed by atoms with Crippen molar-refractivity contribution in [1.82, 2.24) is 10.3 Å². The third-order valence-electron chi connectivity index (χ3n) is 4.23. The van der Waals surface area contributed by atoms with Crippen LogP contribution >= 0.6 is 11.8 Å². The fourth-order valence-corrected chi connectivity index (χ4v) is 3.12. The van der Waals surface area contributed by atoms with E-state index in [-0.39, 0.29) is 11.8 Å². The van der Waals surface area contributed by atoms with E-state index in [2.05, 4.69) is 15.6 Å². The van der Waals surface area contributed by atoms with Crippen LogP contribution in [0.4, 0.5) is 5.69 Å². The highest BCUT2D eigenvalue weighted by atomic mass is 32.2. The Morgan fingerprint density at radius 2 is 1.86 bits per heavy atom. The molecule has 6 heteroatoms. The molecule has 0 saturated carbocycles. The predicted octanol–water partition coefficient (Wildman–Crippen LogP) is 4.29. The van der Waals surface area contributed by atoms with E-state index in [4.69, 9.17) is 0 Å². The van der Waals surface area contributed by atoms with Gasteiger partial charge >= 0.3 is 0 Å². The summed E-state index contributed by atoms with van der Waals surface area (Å²) in [4.78, 5) is 30.3. The number of benzene rings is 2. The molecule has 0 fully saturated rings. The van der Waals surface area contributed by atoms with Crippen LogP contribution < -0.4 is 10.6 Å². The quantitative estimate of drug-likeness (QED) is 0.615. The molecule has 3 rings (SSSR count). The van der Waals surface area contributed by atoms with Crippen molar-refractivity contribution in [3.8, 4) is 0 Å². The van der Waals surface area contributed by atoms with E-state index in [1.807, 2.05) is 49.6 Å². The van der Waals surface area contributed by atoms with E-state index in [1.165, 1.54) is 0 Å². The van der Waals surface area contributed by atoms with Gasteiger partial charge in [-0.2, -0.15) is 0 Å². The molecule has 0 unspecified atom stereocenters. The first-order valence-corrected chi connectivity index (χ1v) is 10.0. The highest BCUT2D eigenvalue weighted by molar-refractivity contribution is 7.98. The molecule has 0 bridgehead atoms. The lowest BCUT2D eigenvalue weighted by molar-refractivity contribution is 0.0949. The normalized spacial score (nSPS) is 10.4. The summed E-state index contributed by atoms with van der Waals surface area (Å²) < 4.78 is 0. The van der Waals surface area contributed by atoms with Gasteiger partial charge in [-0.05, 0) is 61.2 Å². The number of nitrogens with one attached hydrogen (secondary N) is 2. The van der Waals surface area contributed by atoms with E-state index in [1.54, 1.807) is 42.2 Å².